The molecular weight excluding hydrogens is 324 g/mol. The Labute approximate surface area is 119 Å². The van der Waals surface area contributed by atoms with Gasteiger partial charge in [0.1, 0.15) is 0 Å². The summed E-state index contributed by atoms with van der Waals surface area (Å²) in [7, 11) is 0. The minimum atomic E-state index is -4.68. The van der Waals surface area contributed by atoms with Gasteiger partial charge in [-0.3, -0.25) is 5.32 Å². The molecule has 0 saturated carbocycles. The third-order valence-electron chi connectivity index (χ3n) is 1.88. The Morgan fingerprint density at radius 3 is 2.29 bits per heavy atom. The molecule has 0 heterocycles. The van der Waals surface area contributed by atoms with Crippen LogP contribution in [-0.2, 0) is 4.74 Å². The molecule has 1 N–H and O–H groups in total. The molecule has 1 aromatic rings. The lowest BCUT2D eigenvalue weighted by Gasteiger charge is -2.12. The highest BCUT2D eigenvalue weighted by molar-refractivity contribution is 7.99. The Morgan fingerprint density at radius 2 is 1.71 bits per heavy atom. The average Bonchev–Trinajstić information content (AvgIpc) is 2.33. The Bertz CT molecular complexity index is 488. The summed E-state index contributed by atoms with van der Waals surface area (Å²) >= 11 is 0.402. The molecule has 0 aliphatic heterocycles. The Morgan fingerprint density at radius 1 is 1.10 bits per heavy atom. The van der Waals surface area contributed by atoms with Crippen molar-refractivity contribution in [3.05, 3.63) is 24.3 Å². The molecule has 0 aromatic heterocycles. The molecule has 3 nitrogen and oxygen atoms in total. The van der Waals surface area contributed by atoms with E-state index in [2.05, 4.69) is 4.74 Å². The molecule has 0 aliphatic rings. The lowest BCUT2D eigenvalue weighted by molar-refractivity contribution is -0.159. The van der Waals surface area contributed by atoms with E-state index in [1.54, 1.807) is 0 Å². The first kappa shape index (κ1) is 17.5. The smallest absolute Gasteiger partial charge is 0.422 e. The first-order valence-corrected chi connectivity index (χ1v) is 6.34. The fraction of sp³-hybridized carbons (Fsp3) is 0.364. The van der Waals surface area contributed by atoms with Gasteiger partial charge < -0.3 is 4.74 Å². The molecule has 1 rings (SSSR count). The summed E-state index contributed by atoms with van der Waals surface area (Å²) in [5.74, 6) is -1.19. The zero-order valence-electron chi connectivity index (χ0n) is 10.2. The average molecular weight is 333 g/mol. The molecule has 0 aliphatic carbocycles. The molecule has 0 saturated heterocycles. The molecule has 0 fully saturated rings. The van der Waals surface area contributed by atoms with Gasteiger partial charge in [-0.1, -0.05) is 12.1 Å². The van der Waals surface area contributed by atoms with Crippen LogP contribution in [0.2, 0.25) is 0 Å². The van der Waals surface area contributed by atoms with Gasteiger partial charge in [-0.25, -0.2) is 4.79 Å². The van der Waals surface area contributed by atoms with E-state index in [1.165, 1.54) is 24.3 Å². The van der Waals surface area contributed by atoms with E-state index in [0.29, 0.717) is 11.8 Å². The van der Waals surface area contributed by atoms with Crippen molar-refractivity contribution >= 4 is 23.5 Å². The Kier molecular flexibility index (Phi) is 5.76. The Hall–Kier alpha value is -1.58. The highest BCUT2D eigenvalue weighted by Gasteiger charge is 2.30. The van der Waals surface area contributed by atoms with Crippen LogP contribution in [0, 0.1) is 0 Å². The molecule has 21 heavy (non-hydrogen) atoms. The van der Waals surface area contributed by atoms with Gasteiger partial charge in [-0.05, 0) is 12.1 Å². The summed E-state index contributed by atoms with van der Waals surface area (Å²) < 4.78 is 75.8. The summed E-state index contributed by atoms with van der Waals surface area (Å²) in [6.45, 7) is -1.78. The fourth-order valence-electron chi connectivity index (χ4n) is 1.15. The number of hydrogen-bond acceptors (Lipinski definition) is 3. The fourth-order valence-corrected chi connectivity index (χ4v) is 1.92. The van der Waals surface area contributed by atoms with E-state index in [4.69, 9.17) is 0 Å². The molecule has 0 atom stereocenters. The third-order valence-corrected chi connectivity index (χ3v) is 3.02. The van der Waals surface area contributed by atoms with Gasteiger partial charge in [0, 0.05) is 4.90 Å². The molecule has 118 valence electrons. The van der Waals surface area contributed by atoms with Gasteiger partial charge in [-0.15, -0.1) is 11.8 Å². The summed E-state index contributed by atoms with van der Waals surface area (Å²) in [5, 5.41) is 1.97. The SMILES string of the molecule is O=C(Nc1ccccc1SCC(F)(F)F)OCC(F)(F)F. The van der Waals surface area contributed by atoms with Crippen molar-refractivity contribution in [1.82, 2.24) is 0 Å². The van der Waals surface area contributed by atoms with E-state index in [1.807, 2.05) is 5.32 Å². The molecule has 0 radical (unpaired) electrons. The number of ether oxygens (including phenoxy) is 1. The lowest BCUT2D eigenvalue weighted by Crippen LogP contribution is -2.23. The minimum Gasteiger partial charge on any atom is -0.440 e. The molecule has 1 aromatic carbocycles. The van der Waals surface area contributed by atoms with Crippen LogP contribution in [0.4, 0.5) is 36.8 Å². The predicted molar refractivity (Wildman–Crippen MR) is 64.2 cm³/mol. The summed E-state index contributed by atoms with van der Waals surface area (Å²) in [5.41, 5.74) is -0.0566. The number of carbonyl (C=O) groups is 1. The van der Waals surface area contributed by atoms with Crippen molar-refractivity contribution in [3.63, 3.8) is 0 Å². The summed E-state index contributed by atoms with van der Waals surface area (Å²) in [4.78, 5) is 11.2. The monoisotopic (exact) mass is 333 g/mol. The number of rotatable bonds is 4. The van der Waals surface area contributed by atoms with Gasteiger partial charge in [0.2, 0.25) is 0 Å². The number of amides is 1. The maximum absolute atomic E-state index is 12.1. The summed E-state index contributed by atoms with van der Waals surface area (Å²) in [6.07, 6.45) is -10.5. The van der Waals surface area contributed by atoms with Crippen LogP contribution >= 0.6 is 11.8 Å². The van der Waals surface area contributed by atoms with Gasteiger partial charge >= 0.3 is 18.4 Å². The minimum absolute atomic E-state index is 0.0566. The number of halogens is 6. The van der Waals surface area contributed by atoms with E-state index in [0.717, 1.165) is 0 Å². The van der Waals surface area contributed by atoms with Crippen LogP contribution in [0.1, 0.15) is 0 Å². The van der Waals surface area contributed by atoms with Crippen LogP contribution in [0.5, 0.6) is 0 Å². The van der Waals surface area contributed by atoms with Gasteiger partial charge in [0.15, 0.2) is 6.61 Å². The number of nitrogens with one attached hydrogen (secondary N) is 1. The molecular formula is C11H9F6NO2S. The first-order chi connectivity index (χ1) is 9.57. The van der Waals surface area contributed by atoms with Crippen molar-refractivity contribution in [2.75, 3.05) is 17.7 Å². The van der Waals surface area contributed by atoms with Crippen molar-refractivity contribution < 1.29 is 35.9 Å². The molecule has 10 heteroatoms. The molecule has 0 unspecified atom stereocenters. The van der Waals surface area contributed by atoms with E-state index in [9.17, 15) is 31.1 Å². The predicted octanol–water partition coefficient (Wildman–Crippen LogP) is 4.45. The van der Waals surface area contributed by atoms with Crippen molar-refractivity contribution in [1.29, 1.82) is 0 Å². The highest BCUT2D eigenvalue weighted by Crippen LogP contribution is 2.32. The molecule has 0 spiro atoms. The number of para-hydroxylation sites is 1. The number of thioether (sulfide) groups is 1. The van der Waals surface area contributed by atoms with E-state index < -0.39 is 30.8 Å². The topological polar surface area (TPSA) is 38.3 Å². The second-order valence-corrected chi connectivity index (χ2v) is 4.73. The number of carbonyl (C=O) groups excluding carboxylic acids is 1. The number of benzene rings is 1. The van der Waals surface area contributed by atoms with Gasteiger partial charge in [0.05, 0.1) is 11.4 Å². The second kappa shape index (κ2) is 6.92. The van der Waals surface area contributed by atoms with Crippen LogP contribution in [0.25, 0.3) is 0 Å². The maximum atomic E-state index is 12.1. The first-order valence-electron chi connectivity index (χ1n) is 5.36. The second-order valence-electron chi connectivity index (χ2n) is 3.72. The molecule has 0 bridgehead atoms. The number of hydrogen-bond donors (Lipinski definition) is 1. The van der Waals surface area contributed by atoms with Crippen LogP contribution in [0.3, 0.4) is 0 Å². The highest BCUT2D eigenvalue weighted by atomic mass is 32.2. The summed E-state index contributed by atoms with van der Waals surface area (Å²) in [6, 6.07) is 5.41. The zero-order valence-corrected chi connectivity index (χ0v) is 11.0. The van der Waals surface area contributed by atoms with E-state index >= 15 is 0 Å². The normalized spacial score (nSPS) is 12.1. The zero-order chi connectivity index (χ0) is 16.1. The standard InChI is InChI=1S/C11H9F6NO2S/c12-10(13,14)5-20-9(19)18-7-3-1-2-4-8(7)21-6-11(15,16)17/h1-4H,5-6H2,(H,18,19). The lowest BCUT2D eigenvalue weighted by atomic mass is 10.3. The van der Waals surface area contributed by atoms with Crippen molar-refractivity contribution in [2.24, 2.45) is 0 Å². The van der Waals surface area contributed by atoms with E-state index in [-0.39, 0.29) is 10.6 Å². The number of alkyl halides is 6. The Balaban J connectivity index is 2.64. The number of anilines is 1. The molecule has 1 amide bonds. The van der Waals surface area contributed by atoms with Crippen LogP contribution < -0.4 is 5.32 Å². The van der Waals surface area contributed by atoms with Crippen LogP contribution in [0.15, 0.2) is 29.2 Å². The van der Waals surface area contributed by atoms with Crippen molar-refractivity contribution in [2.45, 2.75) is 17.2 Å². The maximum Gasteiger partial charge on any atom is 0.422 e. The largest absolute Gasteiger partial charge is 0.440 e. The quantitative estimate of drug-likeness (QED) is 0.653. The van der Waals surface area contributed by atoms with Crippen LogP contribution in [-0.4, -0.2) is 30.8 Å². The van der Waals surface area contributed by atoms with Gasteiger partial charge in [-0.2, -0.15) is 26.3 Å². The third kappa shape index (κ3) is 7.69. The van der Waals surface area contributed by atoms with Gasteiger partial charge in [0.25, 0.3) is 0 Å². The van der Waals surface area contributed by atoms with Crippen molar-refractivity contribution in [3.8, 4) is 0 Å².